The Morgan fingerprint density at radius 2 is 1.62 bits per heavy atom. The highest BCUT2D eigenvalue weighted by atomic mass is 16.2. The highest BCUT2D eigenvalue weighted by Crippen LogP contribution is 2.33. The number of aromatic nitrogens is 3. The molecule has 1 aliphatic heterocycles. The molecule has 1 aromatic heterocycles. The van der Waals surface area contributed by atoms with E-state index in [2.05, 4.69) is 10.2 Å². The normalized spacial score (nSPS) is 17.2. The maximum absolute atomic E-state index is 12.9. The summed E-state index contributed by atoms with van der Waals surface area (Å²) in [5, 5.41) is 6.89. The van der Waals surface area contributed by atoms with Gasteiger partial charge in [0, 0.05) is 36.6 Å². The lowest BCUT2D eigenvalue weighted by atomic mass is 9.98. The number of benzene rings is 3. The maximum Gasteiger partial charge on any atom is 0.347 e. The number of nitrogens with zero attached hydrogens (tertiary/aromatic N) is 3. The lowest BCUT2D eigenvalue weighted by Gasteiger charge is -2.16. The fourth-order valence-corrected chi connectivity index (χ4v) is 5.18. The monoisotopic (exact) mass is 492 g/mol. The van der Waals surface area contributed by atoms with Crippen LogP contribution in [0.15, 0.2) is 83.7 Å². The Bertz CT molecular complexity index is 1500. The molecule has 2 fully saturated rings. The van der Waals surface area contributed by atoms with Gasteiger partial charge in [-0.25, -0.2) is 14.5 Å². The van der Waals surface area contributed by atoms with Gasteiger partial charge in [0.2, 0.25) is 5.91 Å². The predicted octanol–water partition coefficient (Wildman–Crippen LogP) is 4.26. The predicted molar refractivity (Wildman–Crippen MR) is 141 cm³/mol. The van der Waals surface area contributed by atoms with E-state index in [0.717, 1.165) is 49.2 Å². The fourth-order valence-electron chi connectivity index (χ4n) is 5.18. The topological polar surface area (TPSA) is 88.1 Å². The van der Waals surface area contributed by atoms with E-state index < -0.39 is 0 Å². The number of rotatable bonds is 7. The van der Waals surface area contributed by atoms with Crippen molar-refractivity contribution < 1.29 is 9.59 Å². The molecule has 1 saturated heterocycles. The van der Waals surface area contributed by atoms with E-state index in [1.807, 2.05) is 83.8 Å². The zero-order valence-electron chi connectivity index (χ0n) is 20.5. The molecular weight excluding hydrogens is 464 g/mol. The van der Waals surface area contributed by atoms with Crippen LogP contribution in [0.3, 0.4) is 0 Å². The molecule has 1 aliphatic carbocycles. The minimum atomic E-state index is -0.276. The first kappa shape index (κ1) is 23.2. The van der Waals surface area contributed by atoms with E-state index in [1.165, 1.54) is 0 Å². The van der Waals surface area contributed by atoms with Crippen LogP contribution in [0.2, 0.25) is 0 Å². The van der Waals surface area contributed by atoms with Crippen molar-refractivity contribution in [2.45, 2.75) is 25.7 Å². The third-order valence-electron chi connectivity index (χ3n) is 7.36. The van der Waals surface area contributed by atoms with Crippen molar-refractivity contribution in [1.82, 2.24) is 19.7 Å². The van der Waals surface area contributed by atoms with Gasteiger partial charge in [-0.05, 0) is 54.5 Å². The molecule has 1 N–H and O–H groups in total. The fraction of sp³-hybridized carbons (Fsp3) is 0.267. The molecule has 2 heterocycles. The van der Waals surface area contributed by atoms with Crippen LogP contribution in [0.4, 0.5) is 0 Å². The van der Waals surface area contributed by atoms with Gasteiger partial charge < -0.3 is 4.90 Å². The smallest absolute Gasteiger partial charge is 0.342 e. The SMILES string of the molecule is O=C(c1ccccc1)c1cccc(-c2ccc(-n3c(C[C@@H]4CCN(C(=O)C5CC5)C4)n[nH]c3=O)cc2)c1. The number of aromatic amines is 1. The summed E-state index contributed by atoms with van der Waals surface area (Å²) in [4.78, 5) is 39.9. The Kier molecular flexibility index (Phi) is 6.04. The summed E-state index contributed by atoms with van der Waals surface area (Å²) in [5.74, 6) is 1.47. The number of carbonyl (C=O) groups is 2. The van der Waals surface area contributed by atoms with Gasteiger partial charge in [-0.2, -0.15) is 5.10 Å². The van der Waals surface area contributed by atoms with Crippen molar-refractivity contribution in [3.8, 4) is 16.8 Å². The van der Waals surface area contributed by atoms with E-state index in [-0.39, 0.29) is 23.3 Å². The average molecular weight is 493 g/mol. The van der Waals surface area contributed by atoms with Crippen LogP contribution in [0.5, 0.6) is 0 Å². The molecule has 1 amide bonds. The first-order valence-corrected chi connectivity index (χ1v) is 12.8. The van der Waals surface area contributed by atoms with Gasteiger partial charge in [-0.3, -0.25) is 9.59 Å². The van der Waals surface area contributed by atoms with Gasteiger partial charge >= 0.3 is 5.69 Å². The molecule has 6 rings (SSSR count). The second-order valence-corrected chi connectivity index (χ2v) is 10.0. The number of carbonyl (C=O) groups excluding carboxylic acids is 2. The van der Waals surface area contributed by atoms with Crippen molar-refractivity contribution >= 4 is 11.7 Å². The largest absolute Gasteiger partial charge is 0.347 e. The van der Waals surface area contributed by atoms with Crippen molar-refractivity contribution in [3.05, 3.63) is 106 Å². The first-order chi connectivity index (χ1) is 18.1. The average Bonchev–Trinajstić information content (AvgIpc) is 3.59. The number of H-pyrrole nitrogens is 1. The Labute approximate surface area is 214 Å². The second kappa shape index (κ2) is 9.65. The van der Waals surface area contributed by atoms with Gasteiger partial charge in [-0.15, -0.1) is 0 Å². The van der Waals surface area contributed by atoms with Crippen molar-refractivity contribution in [2.24, 2.45) is 11.8 Å². The van der Waals surface area contributed by atoms with Gasteiger partial charge in [0.1, 0.15) is 5.82 Å². The molecule has 0 spiro atoms. The lowest BCUT2D eigenvalue weighted by Crippen LogP contribution is -2.30. The Balaban J connectivity index is 1.20. The summed E-state index contributed by atoms with van der Waals surface area (Å²) >= 11 is 0. The van der Waals surface area contributed by atoms with Crippen molar-refractivity contribution in [3.63, 3.8) is 0 Å². The second-order valence-electron chi connectivity index (χ2n) is 10.0. The number of nitrogens with one attached hydrogen (secondary N) is 1. The third-order valence-corrected chi connectivity index (χ3v) is 7.36. The molecule has 1 atom stereocenters. The quantitative estimate of drug-likeness (QED) is 0.391. The first-order valence-electron chi connectivity index (χ1n) is 12.8. The Morgan fingerprint density at radius 3 is 2.38 bits per heavy atom. The van der Waals surface area contributed by atoms with E-state index >= 15 is 0 Å². The summed E-state index contributed by atoms with van der Waals surface area (Å²) in [6, 6.07) is 24.5. The number of hydrogen-bond donors (Lipinski definition) is 1. The minimum Gasteiger partial charge on any atom is -0.342 e. The molecule has 0 unspecified atom stereocenters. The van der Waals surface area contributed by atoms with Crippen molar-refractivity contribution in [1.29, 1.82) is 0 Å². The summed E-state index contributed by atoms with van der Waals surface area (Å²) in [6.45, 7) is 1.52. The number of hydrogen-bond acceptors (Lipinski definition) is 4. The summed E-state index contributed by atoms with van der Waals surface area (Å²) < 4.78 is 1.62. The minimum absolute atomic E-state index is 0.0158. The van der Waals surface area contributed by atoms with Gasteiger partial charge in [0.15, 0.2) is 5.78 Å². The van der Waals surface area contributed by atoms with Crippen LogP contribution < -0.4 is 5.69 Å². The molecule has 0 bridgehead atoms. The molecule has 2 aliphatic rings. The van der Waals surface area contributed by atoms with E-state index in [9.17, 15) is 14.4 Å². The summed E-state index contributed by atoms with van der Waals surface area (Å²) in [7, 11) is 0. The summed E-state index contributed by atoms with van der Waals surface area (Å²) in [5.41, 5.74) is 3.63. The van der Waals surface area contributed by atoms with E-state index in [4.69, 9.17) is 0 Å². The van der Waals surface area contributed by atoms with Gasteiger partial charge in [-0.1, -0.05) is 60.7 Å². The molecule has 186 valence electrons. The van der Waals surface area contributed by atoms with Crippen molar-refractivity contribution in [2.75, 3.05) is 13.1 Å². The maximum atomic E-state index is 12.9. The van der Waals surface area contributed by atoms with Crippen LogP contribution in [-0.4, -0.2) is 44.4 Å². The molecule has 4 aromatic rings. The zero-order chi connectivity index (χ0) is 25.4. The van der Waals surface area contributed by atoms with Gasteiger partial charge in [0.05, 0.1) is 5.69 Å². The number of likely N-dealkylation sites (tertiary alicyclic amines) is 1. The lowest BCUT2D eigenvalue weighted by molar-refractivity contribution is -0.131. The highest BCUT2D eigenvalue weighted by Gasteiger charge is 2.36. The Morgan fingerprint density at radius 1 is 0.865 bits per heavy atom. The molecule has 7 heteroatoms. The standard InChI is InChI=1S/C30H28N4O3/c35-28(22-5-2-1-3-6-22)25-8-4-7-24(18-25)21-11-13-26(14-12-21)34-27(31-32-30(34)37)17-20-15-16-33(19-20)29(36)23-9-10-23/h1-8,11-14,18,20,23H,9-10,15-17,19H2,(H,32,37)/t20-/m0/s1. The van der Waals surface area contributed by atoms with E-state index in [1.54, 1.807) is 4.57 Å². The zero-order valence-corrected chi connectivity index (χ0v) is 20.5. The molecule has 7 nitrogen and oxygen atoms in total. The molecule has 0 radical (unpaired) electrons. The Hall–Kier alpha value is -4.26. The molecule has 1 saturated carbocycles. The van der Waals surface area contributed by atoms with Crippen LogP contribution in [0.1, 0.15) is 41.0 Å². The van der Waals surface area contributed by atoms with Crippen LogP contribution in [0.25, 0.3) is 16.8 Å². The molecule has 37 heavy (non-hydrogen) atoms. The van der Waals surface area contributed by atoms with Gasteiger partial charge in [0.25, 0.3) is 0 Å². The highest BCUT2D eigenvalue weighted by molar-refractivity contribution is 6.09. The molecule has 3 aromatic carbocycles. The van der Waals surface area contributed by atoms with Crippen LogP contribution in [0, 0.1) is 11.8 Å². The number of amides is 1. The molecular formula is C30H28N4O3. The third kappa shape index (κ3) is 4.77. The van der Waals surface area contributed by atoms with Crippen LogP contribution in [-0.2, 0) is 11.2 Å². The van der Waals surface area contributed by atoms with E-state index in [0.29, 0.717) is 29.3 Å². The number of ketones is 1. The van der Waals surface area contributed by atoms with Crippen LogP contribution >= 0.6 is 0 Å². The summed E-state index contributed by atoms with van der Waals surface area (Å²) in [6.07, 6.45) is 3.60.